The molecule has 0 aliphatic rings. The van der Waals surface area contributed by atoms with E-state index in [2.05, 4.69) is 11.4 Å². The fraction of sp³-hybridized carbons (Fsp3) is 1.00. The Kier molecular flexibility index (Phi) is 11.7. The molecule has 1 atom stereocenters. The van der Waals surface area contributed by atoms with Gasteiger partial charge in [0.1, 0.15) is 0 Å². The number of hydrogen-bond donors (Lipinski definition) is 2. The quantitative estimate of drug-likeness (QED) is 0.356. The molecule has 0 aliphatic carbocycles. The molecule has 0 saturated heterocycles. The largest absolute Gasteiger partial charge is 1.00 e. The summed E-state index contributed by atoms with van der Waals surface area (Å²) in [5.41, 5.74) is 0. The normalized spacial score (nSPS) is 13.4. The Morgan fingerprint density at radius 3 is 2.29 bits per heavy atom. The zero-order chi connectivity index (χ0) is 10.3. The molecule has 0 amide bonds. The first-order valence-electron chi connectivity index (χ1n) is 4.73. The molecule has 6 heteroatoms. The number of unbranched alkanes of at least 4 members (excludes halogenated alkanes) is 2. The summed E-state index contributed by atoms with van der Waals surface area (Å²) in [6.45, 7) is 3.96. The Bertz CT molecular complexity index is 176. The molecule has 0 spiro atoms. The molecule has 14 heavy (non-hydrogen) atoms. The second-order valence-electron chi connectivity index (χ2n) is 3.12. The summed E-state index contributed by atoms with van der Waals surface area (Å²) in [5.74, 6) is 0. The van der Waals surface area contributed by atoms with Crippen LogP contribution in [0.2, 0.25) is 0 Å². The molecule has 0 aromatic carbocycles. The second-order valence-corrected chi connectivity index (χ2v) is 4.31. The minimum Gasteiger partial charge on any atom is -1.00 e. The van der Waals surface area contributed by atoms with E-state index >= 15 is 0 Å². The van der Waals surface area contributed by atoms with Crippen molar-refractivity contribution in [1.82, 2.24) is 0 Å². The van der Waals surface area contributed by atoms with E-state index in [1.807, 2.05) is 6.92 Å². The van der Waals surface area contributed by atoms with Crippen LogP contribution in [0.4, 0.5) is 0 Å². The van der Waals surface area contributed by atoms with Crippen LogP contribution in [0, 0.1) is 0 Å². The maximum absolute atomic E-state index is 10.5. The molecule has 0 aliphatic heterocycles. The number of phosphoric acid groups is 1. The first kappa shape index (κ1) is 17.5. The first-order valence-corrected chi connectivity index (χ1v) is 6.26. The van der Waals surface area contributed by atoms with E-state index in [1.54, 1.807) is 0 Å². The summed E-state index contributed by atoms with van der Waals surface area (Å²) in [6.07, 6.45) is 4.24. The molecular weight excluding hydrogens is 214 g/mol. The van der Waals surface area contributed by atoms with Gasteiger partial charge in [0, 0.05) is 0 Å². The van der Waals surface area contributed by atoms with Gasteiger partial charge in [0.15, 0.2) is 0 Å². The van der Waals surface area contributed by atoms with E-state index in [4.69, 9.17) is 9.79 Å². The summed E-state index contributed by atoms with van der Waals surface area (Å²) >= 11 is 0. The molecule has 0 radical (unpaired) electrons. The van der Waals surface area contributed by atoms with Gasteiger partial charge >= 0.3 is 37.4 Å². The first-order chi connectivity index (χ1) is 5.99. The van der Waals surface area contributed by atoms with E-state index < -0.39 is 7.82 Å². The van der Waals surface area contributed by atoms with Crippen LogP contribution in [0.3, 0.4) is 0 Å². The van der Waals surface area contributed by atoms with Gasteiger partial charge in [-0.3, -0.25) is 4.52 Å². The minimum atomic E-state index is -4.29. The van der Waals surface area contributed by atoms with Gasteiger partial charge in [0.05, 0.1) is 6.10 Å². The van der Waals surface area contributed by atoms with Crippen LogP contribution < -0.4 is 29.6 Å². The van der Waals surface area contributed by atoms with Crippen molar-refractivity contribution >= 4 is 7.82 Å². The molecule has 0 rings (SSSR count). The Labute approximate surface area is 109 Å². The molecule has 4 nitrogen and oxygen atoms in total. The topological polar surface area (TPSA) is 66.8 Å². The predicted molar refractivity (Wildman–Crippen MR) is 52.5 cm³/mol. The Morgan fingerprint density at radius 2 is 1.93 bits per heavy atom. The van der Waals surface area contributed by atoms with Crippen molar-refractivity contribution < 1.29 is 49.9 Å². The van der Waals surface area contributed by atoms with Crippen molar-refractivity contribution in [3.63, 3.8) is 0 Å². The van der Waals surface area contributed by atoms with E-state index in [9.17, 15) is 4.57 Å². The minimum absolute atomic E-state index is 0. The van der Waals surface area contributed by atoms with E-state index in [-0.39, 0.29) is 37.1 Å². The van der Waals surface area contributed by atoms with Crippen LogP contribution in [-0.4, -0.2) is 15.9 Å². The van der Waals surface area contributed by atoms with E-state index in [0.717, 1.165) is 25.7 Å². The van der Waals surface area contributed by atoms with Gasteiger partial charge in [-0.25, -0.2) is 4.57 Å². The van der Waals surface area contributed by atoms with Gasteiger partial charge in [-0.2, -0.15) is 0 Å². The smallest absolute Gasteiger partial charge is 1.00 e. The number of hydrogen-bond acceptors (Lipinski definition) is 2. The summed E-state index contributed by atoms with van der Waals surface area (Å²) in [6, 6.07) is 0. The predicted octanol–water partition coefficient (Wildman–Crippen LogP) is -0.429. The Morgan fingerprint density at radius 1 is 1.36 bits per heavy atom. The summed E-state index contributed by atoms with van der Waals surface area (Å²) < 4.78 is 15.1. The monoisotopic (exact) mass is 234 g/mol. The number of rotatable bonds is 7. The van der Waals surface area contributed by atoms with Crippen LogP contribution in [0.25, 0.3) is 0 Å². The average Bonchev–Trinajstić information content (AvgIpc) is 2.01. The van der Waals surface area contributed by atoms with Gasteiger partial charge in [0.25, 0.3) is 0 Å². The van der Waals surface area contributed by atoms with Crippen molar-refractivity contribution in [3.05, 3.63) is 0 Å². The van der Waals surface area contributed by atoms with Crippen LogP contribution in [0.1, 0.15) is 47.4 Å². The molecule has 2 N–H and O–H groups in total. The van der Waals surface area contributed by atoms with Crippen LogP contribution in [-0.2, 0) is 9.09 Å². The van der Waals surface area contributed by atoms with Crippen molar-refractivity contribution in [3.8, 4) is 0 Å². The van der Waals surface area contributed by atoms with E-state index in [0.29, 0.717) is 6.42 Å². The maximum Gasteiger partial charge on any atom is 1.00 e. The molecule has 0 fully saturated rings. The van der Waals surface area contributed by atoms with Crippen LogP contribution in [0.15, 0.2) is 0 Å². The second kappa shape index (κ2) is 9.34. The third-order valence-electron chi connectivity index (χ3n) is 1.87. The van der Waals surface area contributed by atoms with Crippen LogP contribution >= 0.6 is 7.82 Å². The molecule has 1 unspecified atom stereocenters. The Hall–Kier alpha value is 1.11. The Balaban J connectivity index is -0.000000720. The standard InChI is InChI=1S/C8H19O4P.Na.H/c1-3-5-6-7-8(4-2)12-13(9,10)11;;/h8H,3-7H2,1-2H3,(H2,9,10,11);;/q;+1;-1. The van der Waals surface area contributed by atoms with Crippen molar-refractivity contribution in [2.75, 3.05) is 0 Å². The SMILES string of the molecule is CCCCCC(CC)OP(=O)(O)O.[H-].[Na+]. The number of phosphoric ester groups is 1. The molecule has 0 bridgehead atoms. The molecule has 0 aromatic rings. The van der Waals surface area contributed by atoms with Crippen molar-refractivity contribution in [1.29, 1.82) is 0 Å². The van der Waals surface area contributed by atoms with Crippen molar-refractivity contribution in [2.24, 2.45) is 0 Å². The van der Waals surface area contributed by atoms with Gasteiger partial charge in [-0.05, 0) is 12.8 Å². The summed E-state index contributed by atoms with van der Waals surface area (Å²) in [4.78, 5) is 17.1. The fourth-order valence-corrected chi connectivity index (χ4v) is 1.79. The third kappa shape index (κ3) is 11.2. The summed E-state index contributed by atoms with van der Waals surface area (Å²) in [7, 11) is -4.29. The molecular formula is C8H20NaO4P. The zero-order valence-electron chi connectivity index (χ0n) is 10.3. The molecule has 0 saturated carbocycles. The zero-order valence-corrected chi connectivity index (χ0v) is 12.2. The average molecular weight is 234 g/mol. The molecule has 82 valence electrons. The van der Waals surface area contributed by atoms with Crippen molar-refractivity contribution in [2.45, 2.75) is 52.1 Å². The fourth-order valence-electron chi connectivity index (χ4n) is 1.15. The van der Waals surface area contributed by atoms with Gasteiger partial charge in [-0.1, -0.05) is 33.1 Å². The molecule has 0 heterocycles. The van der Waals surface area contributed by atoms with E-state index in [1.165, 1.54) is 0 Å². The van der Waals surface area contributed by atoms with Gasteiger partial charge in [-0.15, -0.1) is 0 Å². The van der Waals surface area contributed by atoms with Gasteiger partial charge < -0.3 is 11.2 Å². The summed E-state index contributed by atoms with van der Waals surface area (Å²) in [5, 5.41) is 0. The van der Waals surface area contributed by atoms with Crippen LogP contribution in [0.5, 0.6) is 0 Å². The maximum atomic E-state index is 10.5. The third-order valence-corrected chi connectivity index (χ3v) is 2.44. The van der Waals surface area contributed by atoms with Gasteiger partial charge in [0.2, 0.25) is 0 Å². The molecule has 0 aromatic heterocycles.